The minimum Gasteiger partial charge on any atom is -0.368 e. The van der Waals surface area contributed by atoms with Crippen LogP contribution in [0.3, 0.4) is 0 Å². The van der Waals surface area contributed by atoms with E-state index >= 15 is 0 Å². The predicted octanol–water partition coefficient (Wildman–Crippen LogP) is 2.55. The normalized spacial score (nSPS) is 23.2. The largest absolute Gasteiger partial charge is 0.368 e. The van der Waals surface area contributed by atoms with Gasteiger partial charge in [-0.05, 0) is 55.3 Å². The highest BCUT2D eigenvalue weighted by Gasteiger charge is 2.37. The summed E-state index contributed by atoms with van der Waals surface area (Å²) >= 11 is 0. The standard InChI is InChI=1S/C26H29N7/c1-18-15-32(24-5-4-19(11-27)26-23(24)3-2-7-30-26)17-21-16-31(9-10-33(18)21)25-14-29-13-20-12-28-8-6-22(20)25/h2-5,7,13-14,18,21,28H,6,8-10,12,15-17H2,1H3/t18-,21-/m1/s1. The van der Waals surface area contributed by atoms with Gasteiger partial charge in [0, 0.05) is 74.8 Å². The number of aromatic nitrogens is 2. The number of hydrogen-bond acceptors (Lipinski definition) is 7. The molecule has 0 spiro atoms. The molecule has 168 valence electrons. The van der Waals surface area contributed by atoms with Crippen molar-refractivity contribution >= 4 is 22.3 Å². The first kappa shape index (κ1) is 20.4. The van der Waals surface area contributed by atoms with Crippen LogP contribution in [0.2, 0.25) is 0 Å². The molecule has 2 atom stereocenters. The zero-order valence-electron chi connectivity index (χ0n) is 19.0. The molecule has 0 unspecified atom stereocenters. The van der Waals surface area contributed by atoms with E-state index in [4.69, 9.17) is 0 Å². The van der Waals surface area contributed by atoms with Crippen LogP contribution in [0.1, 0.15) is 23.6 Å². The van der Waals surface area contributed by atoms with Gasteiger partial charge < -0.3 is 15.1 Å². The van der Waals surface area contributed by atoms with Crippen molar-refractivity contribution in [1.82, 2.24) is 20.2 Å². The first-order valence-corrected chi connectivity index (χ1v) is 11.9. The molecular formula is C26H29N7. The summed E-state index contributed by atoms with van der Waals surface area (Å²) in [6.07, 6.45) is 6.95. The molecule has 1 aromatic carbocycles. The number of rotatable bonds is 2. The van der Waals surface area contributed by atoms with E-state index in [1.54, 1.807) is 6.20 Å². The van der Waals surface area contributed by atoms with Crippen molar-refractivity contribution in [3.05, 3.63) is 59.5 Å². The van der Waals surface area contributed by atoms with Crippen LogP contribution in [-0.4, -0.2) is 66.2 Å². The van der Waals surface area contributed by atoms with E-state index in [1.807, 2.05) is 18.3 Å². The zero-order chi connectivity index (χ0) is 22.4. The van der Waals surface area contributed by atoms with E-state index in [-0.39, 0.29) is 0 Å². The van der Waals surface area contributed by atoms with Gasteiger partial charge in [0.05, 0.1) is 23.0 Å². The Balaban J connectivity index is 1.30. The van der Waals surface area contributed by atoms with Crippen LogP contribution >= 0.6 is 0 Å². The number of nitriles is 1. The number of nitrogens with one attached hydrogen (secondary N) is 1. The number of benzene rings is 1. The average Bonchev–Trinajstić information content (AvgIpc) is 2.87. The number of anilines is 2. The summed E-state index contributed by atoms with van der Waals surface area (Å²) < 4.78 is 0. The maximum atomic E-state index is 9.53. The second-order valence-electron chi connectivity index (χ2n) is 9.46. The van der Waals surface area contributed by atoms with Gasteiger partial charge in [0.25, 0.3) is 0 Å². The van der Waals surface area contributed by atoms with Crippen molar-refractivity contribution in [2.24, 2.45) is 0 Å². The summed E-state index contributed by atoms with van der Waals surface area (Å²) in [7, 11) is 0. The lowest BCUT2D eigenvalue weighted by molar-refractivity contribution is 0.108. The fourth-order valence-corrected chi connectivity index (χ4v) is 5.97. The van der Waals surface area contributed by atoms with Gasteiger partial charge in [0.1, 0.15) is 6.07 Å². The molecule has 7 nitrogen and oxygen atoms in total. The van der Waals surface area contributed by atoms with Gasteiger partial charge in [-0.15, -0.1) is 0 Å². The van der Waals surface area contributed by atoms with Gasteiger partial charge in [0.15, 0.2) is 0 Å². The van der Waals surface area contributed by atoms with Crippen molar-refractivity contribution in [2.75, 3.05) is 49.1 Å². The molecule has 2 aromatic heterocycles. The van der Waals surface area contributed by atoms with E-state index in [2.05, 4.69) is 61.3 Å². The average molecular weight is 440 g/mol. The highest BCUT2D eigenvalue weighted by atomic mass is 15.4. The molecule has 7 heteroatoms. The number of fused-ring (bicyclic) bond motifs is 3. The minimum absolute atomic E-state index is 0.447. The Hall–Kier alpha value is -3.21. The maximum absolute atomic E-state index is 9.53. The Morgan fingerprint density at radius 2 is 1.97 bits per heavy atom. The number of hydrogen-bond donors (Lipinski definition) is 1. The van der Waals surface area contributed by atoms with E-state index in [9.17, 15) is 5.26 Å². The van der Waals surface area contributed by atoms with Gasteiger partial charge in [-0.2, -0.15) is 5.26 Å². The molecule has 3 aliphatic rings. The molecule has 0 radical (unpaired) electrons. The van der Waals surface area contributed by atoms with Gasteiger partial charge in [-0.3, -0.25) is 14.9 Å². The third-order valence-electron chi connectivity index (χ3n) is 7.55. The summed E-state index contributed by atoms with van der Waals surface area (Å²) in [6, 6.07) is 11.3. The molecule has 0 aliphatic carbocycles. The fraction of sp³-hybridized carbons (Fsp3) is 0.423. The maximum Gasteiger partial charge on any atom is 0.101 e. The Bertz CT molecular complexity index is 1230. The van der Waals surface area contributed by atoms with Crippen LogP contribution in [0.15, 0.2) is 42.9 Å². The second kappa shape index (κ2) is 8.29. The molecule has 3 aliphatic heterocycles. The number of nitrogens with zero attached hydrogens (tertiary/aromatic N) is 6. The highest BCUT2D eigenvalue weighted by Crippen LogP contribution is 2.33. The highest BCUT2D eigenvalue weighted by molar-refractivity contribution is 5.95. The van der Waals surface area contributed by atoms with E-state index in [0.717, 1.165) is 63.1 Å². The molecule has 0 amide bonds. The van der Waals surface area contributed by atoms with E-state index < -0.39 is 0 Å². The van der Waals surface area contributed by atoms with Gasteiger partial charge in [-0.1, -0.05) is 0 Å². The van der Waals surface area contributed by atoms with Crippen molar-refractivity contribution < 1.29 is 0 Å². The first-order valence-electron chi connectivity index (χ1n) is 11.9. The zero-order valence-corrected chi connectivity index (χ0v) is 19.0. The Morgan fingerprint density at radius 1 is 1.06 bits per heavy atom. The second-order valence-corrected chi connectivity index (χ2v) is 9.46. The molecule has 1 N–H and O–H groups in total. The van der Waals surface area contributed by atoms with Crippen LogP contribution in [-0.2, 0) is 13.0 Å². The summed E-state index contributed by atoms with van der Waals surface area (Å²) in [6.45, 7) is 9.41. The Kier molecular flexibility index (Phi) is 5.12. The van der Waals surface area contributed by atoms with Crippen LogP contribution in [0.5, 0.6) is 0 Å². The number of piperazine rings is 2. The van der Waals surface area contributed by atoms with Crippen LogP contribution in [0, 0.1) is 11.3 Å². The first-order chi connectivity index (χ1) is 16.2. The van der Waals surface area contributed by atoms with Crippen molar-refractivity contribution in [1.29, 1.82) is 5.26 Å². The molecule has 0 saturated carbocycles. The summed E-state index contributed by atoms with van der Waals surface area (Å²) in [5, 5.41) is 14.1. The van der Waals surface area contributed by atoms with Gasteiger partial charge in [-0.25, -0.2) is 0 Å². The fourth-order valence-electron chi connectivity index (χ4n) is 5.97. The van der Waals surface area contributed by atoms with Crippen molar-refractivity contribution in [3.8, 4) is 6.07 Å². The van der Waals surface area contributed by atoms with Crippen LogP contribution in [0.25, 0.3) is 10.9 Å². The lowest BCUT2D eigenvalue weighted by Crippen LogP contribution is -2.65. The van der Waals surface area contributed by atoms with Crippen molar-refractivity contribution in [2.45, 2.75) is 32.0 Å². The molecule has 2 fully saturated rings. The molecule has 3 aromatic rings. The molecule has 0 bridgehead atoms. The predicted molar refractivity (Wildman–Crippen MR) is 130 cm³/mol. The molecular weight excluding hydrogens is 410 g/mol. The monoisotopic (exact) mass is 439 g/mol. The van der Waals surface area contributed by atoms with E-state index in [1.165, 1.54) is 22.5 Å². The van der Waals surface area contributed by atoms with Gasteiger partial charge in [0.2, 0.25) is 0 Å². The molecule has 2 saturated heterocycles. The quantitative estimate of drug-likeness (QED) is 0.658. The van der Waals surface area contributed by atoms with Crippen LogP contribution < -0.4 is 15.1 Å². The third kappa shape index (κ3) is 3.50. The topological polar surface area (TPSA) is 71.3 Å². The summed E-state index contributed by atoms with van der Waals surface area (Å²) in [5.41, 5.74) is 6.77. The lowest BCUT2D eigenvalue weighted by atomic mass is 9.98. The van der Waals surface area contributed by atoms with Crippen LogP contribution in [0.4, 0.5) is 11.4 Å². The molecule has 33 heavy (non-hydrogen) atoms. The summed E-state index contributed by atoms with van der Waals surface area (Å²) in [4.78, 5) is 16.8. The van der Waals surface area contributed by atoms with E-state index in [0.29, 0.717) is 17.6 Å². The Morgan fingerprint density at radius 3 is 2.88 bits per heavy atom. The Labute approximate surface area is 194 Å². The smallest absolute Gasteiger partial charge is 0.101 e. The number of pyridine rings is 2. The van der Waals surface area contributed by atoms with Crippen molar-refractivity contribution in [3.63, 3.8) is 0 Å². The minimum atomic E-state index is 0.447. The summed E-state index contributed by atoms with van der Waals surface area (Å²) in [5.74, 6) is 0. The lowest BCUT2D eigenvalue weighted by Gasteiger charge is -2.52. The molecule has 6 rings (SSSR count). The third-order valence-corrected chi connectivity index (χ3v) is 7.55. The SMILES string of the molecule is C[C@@H]1CN(c2ccc(C#N)c3ncccc23)C[C@H]2CN(c3cncc4c3CCNC4)CCN21. The van der Waals surface area contributed by atoms with Gasteiger partial charge >= 0.3 is 0 Å². The molecule has 5 heterocycles.